The van der Waals surface area contributed by atoms with Crippen LogP contribution in [-0.2, 0) is 23.2 Å². The molecule has 2 N–H and O–H groups in total. The monoisotopic (exact) mass is 523 g/mol. The van der Waals surface area contributed by atoms with E-state index in [9.17, 15) is 18.5 Å². The van der Waals surface area contributed by atoms with Crippen molar-refractivity contribution >= 4 is 44.9 Å². The molecule has 0 radical (unpaired) electrons. The number of allylic oxidation sites excluding steroid dienone is 1. The molecule has 0 unspecified atom stereocenters. The Bertz CT molecular complexity index is 1240. The highest BCUT2D eigenvalue weighted by atomic mass is 35.5. The largest absolute Gasteiger partial charge is 0.322 e. The number of amidine groups is 1. The standard InChI is InChI=1S/C22H23Cl2N5O4S/c23-17-4-3-16(21(24)12-17)11-19-13-22(27-34(32,33)26-19)25-18-7-9-28(10-8-18)14-15-1-5-20(6-2-15)29(30)31/h1-6,12-13,18,26H,7-11,14H2,(H,25,27). The van der Waals surface area contributed by atoms with Gasteiger partial charge in [-0.25, -0.2) is 0 Å². The quantitative estimate of drug-likeness (QED) is 0.440. The van der Waals surface area contributed by atoms with Gasteiger partial charge in [-0.05, 0) is 36.1 Å². The van der Waals surface area contributed by atoms with Gasteiger partial charge in [-0.15, -0.1) is 0 Å². The number of nitro benzene ring substituents is 1. The molecule has 0 amide bonds. The number of benzene rings is 2. The Morgan fingerprint density at radius 3 is 2.44 bits per heavy atom. The molecule has 0 bridgehead atoms. The highest BCUT2D eigenvalue weighted by Gasteiger charge is 2.24. The average Bonchev–Trinajstić information content (AvgIpc) is 2.76. The molecular formula is C22H23Cl2N5O4S. The zero-order valence-corrected chi connectivity index (χ0v) is 20.4. The molecule has 0 saturated carbocycles. The smallest absolute Gasteiger partial charge is 0.299 e. The number of nitrogens with one attached hydrogen (secondary N) is 2. The first kappa shape index (κ1) is 24.5. The van der Waals surface area contributed by atoms with Gasteiger partial charge >= 0.3 is 10.2 Å². The molecule has 12 heteroatoms. The summed E-state index contributed by atoms with van der Waals surface area (Å²) in [6.45, 7) is 2.28. The number of likely N-dealkylation sites (tertiary alicyclic amines) is 1. The Labute approximate surface area is 207 Å². The lowest BCUT2D eigenvalue weighted by atomic mass is 10.0. The normalized spacial score (nSPS) is 19.8. The average molecular weight is 524 g/mol. The Hall–Kier alpha value is -2.66. The van der Waals surface area contributed by atoms with Crippen LogP contribution in [0.1, 0.15) is 24.0 Å². The van der Waals surface area contributed by atoms with E-state index < -0.39 is 15.1 Å². The predicted molar refractivity (Wildman–Crippen MR) is 132 cm³/mol. The molecule has 180 valence electrons. The molecule has 0 spiro atoms. The molecule has 1 saturated heterocycles. The summed E-state index contributed by atoms with van der Waals surface area (Å²) in [5, 5.41) is 11.8. The van der Waals surface area contributed by atoms with Gasteiger partial charge < -0.3 is 0 Å². The fourth-order valence-electron chi connectivity index (χ4n) is 3.97. The summed E-state index contributed by atoms with van der Waals surface area (Å²) < 4.78 is 29.6. The Morgan fingerprint density at radius 2 is 1.79 bits per heavy atom. The van der Waals surface area contributed by atoms with E-state index in [2.05, 4.69) is 19.3 Å². The first-order valence-electron chi connectivity index (χ1n) is 10.7. The van der Waals surface area contributed by atoms with Gasteiger partial charge in [-0.2, -0.15) is 8.42 Å². The lowest BCUT2D eigenvalue weighted by molar-refractivity contribution is -0.384. The summed E-state index contributed by atoms with van der Waals surface area (Å²) in [5.41, 5.74) is 2.31. The molecule has 1 fully saturated rings. The molecule has 2 aromatic carbocycles. The van der Waals surface area contributed by atoms with Crippen molar-refractivity contribution in [3.63, 3.8) is 0 Å². The minimum atomic E-state index is -3.76. The zero-order chi connectivity index (χ0) is 24.3. The van der Waals surface area contributed by atoms with Crippen LogP contribution in [0.2, 0.25) is 10.0 Å². The van der Waals surface area contributed by atoms with Gasteiger partial charge in [0.05, 0.1) is 11.0 Å². The van der Waals surface area contributed by atoms with E-state index in [0.29, 0.717) is 34.5 Å². The van der Waals surface area contributed by atoms with E-state index in [4.69, 9.17) is 23.2 Å². The maximum atomic E-state index is 12.3. The van der Waals surface area contributed by atoms with Crippen molar-refractivity contribution in [1.29, 1.82) is 0 Å². The van der Waals surface area contributed by atoms with Crippen LogP contribution in [0.25, 0.3) is 0 Å². The van der Waals surface area contributed by atoms with Gasteiger partial charge in [0, 0.05) is 60.0 Å². The number of hydrogen-bond acceptors (Lipinski definition) is 6. The molecule has 2 heterocycles. The maximum absolute atomic E-state index is 12.3. The number of piperidine rings is 1. The number of nitrogens with zero attached hydrogens (tertiary/aromatic N) is 3. The SMILES string of the molecule is O=[N+]([O-])c1ccc(CN2CCC(N=C3C=C(Cc4ccc(Cl)cc4Cl)NS(=O)(=O)N3)CC2)cc1. The van der Waals surface area contributed by atoms with E-state index in [0.717, 1.165) is 37.1 Å². The van der Waals surface area contributed by atoms with Crippen molar-refractivity contribution in [2.45, 2.75) is 31.8 Å². The minimum Gasteiger partial charge on any atom is -0.299 e. The second-order valence-electron chi connectivity index (χ2n) is 8.23. The summed E-state index contributed by atoms with van der Waals surface area (Å²) in [6, 6.07) is 11.6. The first-order chi connectivity index (χ1) is 16.2. The van der Waals surface area contributed by atoms with Crippen molar-refractivity contribution in [3.05, 3.63) is 85.5 Å². The van der Waals surface area contributed by atoms with Crippen LogP contribution in [0, 0.1) is 10.1 Å². The third-order valence-corrected chi connectivity index (χ3v) is 7.24. The molecule has 2 aromatic rings. The fraction of sp³-hybridized carbons (Fsp3) is 0.318. The topological polar surface area (TPSA) is 117 Å². The van der Waals surface area contributed by atoms with Gasteiger partial charge in [-0.1, -0.05) is 41.4 Å². The van der Waals surface area contributed by atoms with E-state index in [1.807, 2.05) is 0 Å². The van der Waals surface area contributed by atoms with Crippen LogP contribution < -0.4 is 9.44 Å². The number of nitro groups is 1. The van der Waals surface area contributed by atoms with E-state index in [1.165, 1.54) is 12.1 Å². The van der Waals surface area contributed by atoms with Crippen LogP contribution in [0.15, 0.2) is 59.2 Å². The number of non-ortho nitro benzene ring substituents is 1. The molecule has 9 nitrogen and oxygen atoms in total. The van der Waals surface area contributed by atoms with E-state index >= 15 is 0 Å². The number of halogens is 2. The first-order valence-corrected chi connectivity index (χ1v) is 12.9. The maximum Gasteiger partial charge on any atom is 0.322 e. The molecule has 0 atom stereocenters. The molecule has 34 heavy (non-hydrogen) atoms. The zero-order valence-electron chi connectivity index (χ0n) is 18.1. The summed E-state index contributed by atoms with van der Waals surface area (Å²) in [6.07, 6.45) is 3.54. The Kier molecular flexibility index (Phi) is 7.42. The number of aliphatic imine (C=N–C) groups is 1. The third-order valence-electron chi connectivity index (χ3n) is 5.64. The molecule has 2 aliphatic heterocycles. The van der Waals surface area contributed by atoms with Crippen LogP contribution in [0.3, 0.4) is 0 Å². The molecular weight excluding hydrogens is 501 g/mol. The third kappa shape index (κ3) is 6.47. The van der Waals surface area contributed by atoms with Crippen molar-refractivity contribution in [3.8, 4) is 0 Å². The van der Waals surface area contributed by atoms with Crippen LogP contribution in [-0.4, -0.2) is 43.2 Å². The van der Waals surface area contributed by atoms with Crippen molar-refractivity contribution in [1.82, 2.24) is 14.3 Å². The van der Waals surface area contributed by atoms with E-state index in [-0.39, 0.29) is 11.7 Å². The highest BCUT2D eigenvalue weighted by molar-refractivity contribution is 7.88. The van der Waals surface area contributed by atoms with Crippen LogP contribution in [0.5, 0.6) is 0 Å². The molecule has 4 rings (SSSR count). The highest BCUT2D eigenvalue weighted by Crippen LogP contribution is 2.24. The number of hydrogen-bond donors (Lipinski definition) is 2. The summed E-state index contributed by atoms with van der Waals surface area (Å²) in [7, 11) is -3.76. The van der Waals surface area contributed by atoms with Crippen LogP contribution >= 0.6 is 23.2 Å². The molecule has 0 aliphatic carbocycles. The van der Waals surface area contributed by atoms with Gasteiger partial charge in [-0.3, -0.25) is 29.5 Å². The van der Waals surface area contributed by atoms with Gasteiger partial charge in [0.1, 0.15) is 5.84 Å². The Balaban J connectivity index is 1.39. The molecule has 2 aliphatic rings. The summed E-state index contributed by atoms with van der Waals surface area (Å²) in [4.78, 5) is 17.3. The van der Waals surface area contributed by atoms with Crippen molar-refractivity contribution in [2.75, 3.05) is 13.1 Å². The van der Waals surface area contributed by atoms with Gasteiger partial charge in [0.25, 0.3) is 5.69 Å². The second kappa shape index (κ2) is 10.3. The summed E-state index contributed by atoms with van der Waals surface area (Å²) in [5.74, 6) is 0.299. The molecule has 0 aromatic heterocycles. The summed E-state index contributed by atoms with van der Waals surface area (Å²) >= 11 is 12.2. The van der Waals surface area contributed by atoms with Gasteiger partial charge in [0.2, 0.25) is 0 Å². The Morgan fingerprint density at radius 1 is 1.09 bits per heavy atom. The minimum absolute atomic E-state index is 0.0134. The van der Waals surface area contributed by atoms with Crippen molar-refractivity contribution < 1.29 is 13.3 Å². The second-order valence-corrected chi connectivity index (χ2v) is 10.5. The lowest BCUT2D eigenvalue weighted by Gasteiger charge is -2.30. The lowest BCUT2D eigenvalue weighted by Crippen LogP contribution is -2.45. The number of rotatable bonds is 6. The van der Waals surface area contributed by atoms with Gasteiger partial charge in [0.15, 0.2) is 0 Å². The predicted octanol–water partition coefficient (Wildman–Crippen LogP) is 3.83. The van der Waals surface area contributed by atoms with Crippen LogP contribution in [0.4, 0.5) is 5.69 Å². The van der Waals surface area contributed by atoms with Crippen molar-refractivity contribution in [2.24, 2.45) is 4.99 Å². The fourth-order valence-corrected chi connectivity index (χ4v) is 5.35. The van der Waals surface area contributed by atoms with E-state index in [1.54, 1.807) is 36.4 Å².